The molecule has 0 saturated heterocycles. The summed E-state index contributed by atoms with van der Waals surface area (Å²) in [6.07, 6.45) is 4.16. The number of nitrogens with one attached hydrogen (secondary N) is 1. The van der Waals surface area contributed by atoms with E-state index in [4.69, 9.17) is 5.14 Å². The van der Waals surface area contributed by atoms with Gasteiger partial charge in [0.05, 0.1) is 0 Å². The number of rotatable bonds is 8. The molecule has 1 rings (SSSR count). The molecule has 120 valence electrons. The van der Waals surface area contributed by atoms with Gasteiger partial charge in [-0.05, 0) is 31.2 Å². The average molecular weight is 315 g/mol. The lowest BCUT2D eigenvalue weighted by Crippen LogP contribution is -2.27. The quantitative estimate of drug-likeness (QED) is 0.715. The highest BCUT2D eigenvalue weighted by Gasteiger charge is 2.18. The summed E-state index contributed by atoms with van der Waals surface area (Å²) in [4.78, 5) is 12.1. The SMILES string of the molecule is CCCn1cc(S(N)(=O)=O)cc1C(=O)NCCCC(C)C. The minimum atomic E-state index is -3.79. The molecule has 0 saturated carbocycles. The van der Waals surface area contributed by atoms with Crippen LogP contribution in [-0.4, -0.2) is 25.4 Å². The summed E-state index contributed by atoms with van der Waals surface area (Å²) in [5.41, 5.74) is 0.338. The molecule has 21 heavy (non-hydrogen) atoms. The maximum atomic E-state index is 12.2. The van der Waals surface area contributed by atoms with Crippen molar-refractivity contribution < 1.29 is 13.2 Å². The Morgan fingerprint density at radius 2 is 2.10 bits per heavy atom. The van der Waals surface area contributed by atoms with Crippen molar-refractivity contribution in [1.29, 1.82) is 0 Å². The first-order valence-electron chi connectivity index (χ1n) is 7.26. The third-order valence-electron chi connectivity index (χ3n) is 3.14. The molecule has 0 radical (unpaired) electrons. The second-order valence-corrected chi connectivity index (χ2v) is 7.15. The van der Waals surface area contributed by atoms with Gasteiger partial charge in [-0.1, -0.05) is 20.8 Å². The van der Waals surface area contributed by atoms with Crippen LogP contribution in [0.3, 0.4) is 0 Å². The molecule has 3 N–H and O–H groups in total. The van der Waals surface area contributed by atoms with E-state index in [2.05, 4.69) is 19.2 Å². The van der Waals surface area contributed by atoms with Crippen molar-refractivity contribution in [2.24, 2.45) is 11.1 Å². The van der Waals surface area contributed by atoms with Gasteiger partial charge in [0.25, 0.3) is 5.91 Å². The van der Waals surface area contributed by atoms with Gasteiger partial charge < -0.3 is 9.88 Å². The summed E-state index contributed by atoms with van der Waals surface area (Å²) in [7, 11) is -3.79. The molecule has 0 aliphatic carbocycles. The van der Waals surface area contributed by atoms with Crippen molar-refractivity contribution in [3.63, 3.8) is 0 Å². The first kappa shape index (κ1) is 17.7. The van der Waals surface area contributed by atoms with Crippen LogP contribution in [-0.2, 0) is 16.6 Å². The summed E-state index contributed by atoms with van der Waals surface area (Å²) >= 11 is 0. The van der Waals surface area contributed by atoms with E-state index in [0.29, 0.717) is 24.7 Å². The summed E-state index contributed by atoms with van der Waals surface area (Å²) < 4.78 is 24.4. The molecule has 7 heteroatoms. The lowest BCUT2D eigenvalue weighted by molar-refractivity contribution is 0.0943. The number of aryl methyl sites for hydroxylation is 1. The van der Waals surface area contributed by atoms with Crippen LogP contribution in [0.5, 0.6) is 0 Å². The topological polar surface area (TPSA) is 94.2 Å². The highest BCUT2D eigenvalue weighted by atomic mass is 32.2. The molecule has 0 fully saturated rings. The Hall–Kier alpha value is -1.34. The minimum absolute atomic E-state index is 0.0247. The third-order valence-corrected chi connectivity index (χ3v) is 4.02. The number of aromatic nitrogens is 1. The molecule has 1 aromatic heterocycles. The molecule has 0 unspecified atom stereocenters. The van der Waals surface area contributed by atoms with Gasteiger partial charge in [-0.3, -0.25) is 4.79 Å². The van der Waals surface area contributed by atoms with Crippen LogP contribution in [0.4, 0.5) is 0 Å². The van der Waals surface area contributed by atoms with E-state index in [9.17, 15) is 13.2 Å². The van der Waals surface area contributed by atoms with Gasteiger partial charge in [0, 0.05) is 19.3 Å². The second kappa shape index (κ2) is 7.61. The van der Waals surface area contributed by atoms with E-state index in [1.54, 1.807) is 4.57 Å². The standard InChI is InChI=1S/C14H25N3O3S/c1-4-8-17-10-12(21(15,19)20)9-13(17)14(18)16-7-5-6-11(2)3/h9-11H,4-8H2,1-3H3,(H,16,18)(H2,15,19,20). The molecule has 0 aromatic carbocycles. The highest BCUT2D eigenvalue weighted by Crippen LogP contribution is 2.14. The number of hydrogen-bond acceptors (Lipinski definition) is 3. The number of sulfonamides is 1. The number of nitrogens with zero attached hydrogens (tertiary/aromatic N) is 1. The first-order valence-corrected chi connectivity index (χ1v) is 8.81. The van der Waals surface area contributed by atoms with Crippen molar-refractivity contribution in [2.45, 2.75) is 51.5 Å². The Morgan fingerprint density at radius 1 is 1.43 bits per heavy atom. The molecule has 0 aliphatic rings. The molecular weight excluding hydrogens is 290 g/mol. The van der Waals surface area contributed by atoms with Gasteiger partial charge in [-0.15, -0.1) is 0 Å². The lowest BCUT2D eigenvalue weighted by atomic mass is 10.1. The lowest BCUT2D eigenvalue weighted by Gasteiger charge is -2.09. The van der Waals surface area contributed by atoms with Gasteiger partial charge in [0.15, 0.2) is 0 Å². The largest absolute Gasteiger partial charge is 0.351 e. The molecule has 1 amide bonds. The smallest absolute Gasteiger partial charge is 0.267 e. The van der Waals surface area contributed by atoms with E-state index in [-0.39, 0.29) is 10.8 Å². The van der Waals surface area contributed by atoms with Crippen molar-refractivity contribution in [3.8, 4) is 0 Å². The number of carbonyl (C=O) groups excluding carboxylic acids is 1. The van der Waals surface area contributed by atoms with E-state index >= 15 is 0 Å². The Labute approximate surface area is 126 Å². The van der Waals surface area contributed by atoms with Crippen LogP contribution in [0.1, 0.15) is 50.5 Å². The van der Waals surface area contributed by atoms with Crippen LogP contribution >= 0.6 is 0 Å². The summed E-state index contributed by atoms with van der Waals surface area (Å²) in [5, 5.41) is 7.94. The van der Waals surface area contributed by atoms with Gasteiger partial charge in [0.1, 0.15) is 10.6 Å². The molecule has 1 heterocycles. The maximum absolute atomic E-state index is 12.2. The van der Waals surface area contributed by atoms with Crippen LogP contribution in [0.15, 0.2) is 17.2 Å². The van der Waals surface area contributed by atoms with Crippen molar-refractivity contribution in [3.05, 3.63) is 18.0 Å². The van der Waals surface area contributed by atoms with Gasteiger partial charge in [-0.25, -0.2) is 13.6 Å². The summed E-state index contributed by atoms with van der Waals surface area (Å²) in [6.45, 7) is 7.38. The van der Waals surface area contributed by atoms with E-state index < -0.39 is 10.0 Å². The van der Waals surface area contributed by atoms with Crippen molar-refractivity contribution >= 4 is 15.9 Å². The molecule has 0 spiro atoms. The Kier molecular flexibility index (Phi) is 6.42. The fourth-order valence-corrected chi connectivity index (χ4v) is 2.61. The zero-order valence-corrected chi connectivity index (χ0v) is 13.7. The average Bonchev–Trinajstić information content (AvgIpc) is 2.78. The zero-order chi connectivity index (χ0) is 16.0. The van der Waals surface area contributed by atoms with Gasteiger partial charge in [-0.2, -0.15) is 0 Å². The maximum Gasteiger partial charge on any atom is 0.267 e. The highest BCUT2D eigenvalue weighted by molar-refractivity contribution is 7.89. The van der Waals surface area contributed by atoms with Crippen molar-refractivity contribution in [2.75, 3.05) is 6.54 Å². The van der Waals surface area contributed by atoms with Crippen LogP contribution < -0.4 is 10.5 Å². The molecule has 1 aromatic rings. The van der Waals surface area contributed by atoms with E-state index in [0.717, 1.165) is 19.3 Å². The Morgan fingerprint density at radius 3 is 2.62 bits per heavy atom. The number of nitrogens with two attached hydrogens (primary N) is 1. The normalized spacial score (nSPS) is 11.9. The Bertz CT molecular complexity index is 576. The summed E-state index contributed by atoms with van der Waals surface area (Å²) in [6, 6.07) is 1.34. The van der Waals surface area contributed by atoms with Crippen LogP contribution in [0.2, 0.25) is 0 Å². The fraction of sp³-hybridized carbons (Fsp3) is 0.643. The summed E-state index contributed by atoms with van der Waals surface area (Å²) in [5.74, 6) is 0.335. The fourth-order valence-electron chi connectivity index (χ4n) is 2.06. The number of carbonyl (C=O) groups is 1. The van der Waals surface area contributed by atoms with E-state index in [1.807, 2.05) is 6.92 Å². The van der Waals surface area contributed by atoms with E-state index in [1.165, 1.54) is 12.3 Å². The predicted octanol–water partition coefficient (Wildman–Crippen LogP) is 1.71. The molecule has 0 atom stereocenters. The first-order chi connectivity index (χ1) is 9.75. The van der Waals surface area contributed by atoms with Gasteiger partial charge >= 0.3 is 0 Å². The zero-order valence-electron chi connectivity index (χ0n) is 12.9. The predicted molar refractivity (Wildman–Crippen MR) is 82.5 cm³/mol. The third kappa shape index (κ3) is 5.51. The molecular formula is C14H25N3O3S. The minimum Gasteiger partial charge on any atom is -0.351 e. The number of amides is 1. The molecule has 0 aliphatic heterocycles. The second-order valence-electron chi connectivity index (χ2n) is 5.59. The van der Waals surface area contributed by atoms with Crippen molar-refractivity contribution in [1.82, 2.24) is 9.88 Å². The number of primary sulfonamides is 1. The van der Waals surface area contributed by atoms with Gasteiger partial charge in [0.2, 0.25) is 10.0 Å². The van der Waals surface area contributed by atoms with Crippen LogP contribution in [0.25, 0.3) is 0 Å². The number of hydrogen-bond donors (Lipinski definition) is 2. The monoisotopic (exact) mass is 315 g/mol. The molecule has 6 nitrogen and oxygen atoms in total. The molecule has 0 bridgehead atoms. The van der Waals surface area contributed by atoms with Crippen LogP contribution in [0, 0.1) is 5.92 Å². The Balaban J connectivity index is 2.80.